The molecule has 0 spiro atoms. The Morgan fingerprint density at radius 3 is 2.74 bits per heavy atom. The molecule has 3 N–H and O–H groups in total. The zero-order valence-electron chi connectivity index (χ0n) is 11.2. The molecule has 0 aromatic heterocycles. The molecule has 0 fully saturated rings. The lowest BCUT2D eigenvalue weighted by Gasteiger charge is -2.11. The third kappa shape index (κ3) is 5.39. The fraction of sp³-hybridized carbons (Fsp3) is 0.500. The van der Waals surface area contributed by atoms with Gasteiger partial charge in [0.05, 0.1) is 12.2 Å². The maximum Gasteiger partial charge on any atom is 0.173 e. The molecule has 0 heterocycles. The van der Waals surface area contributed by atoms with Crippen molar-refractivity contribution in [2.75, 3.05) is 6.61 Å². The van der Waals surface area contributed by atoms with Crippen molar-refractivity contribution in [1.82, 2.24) is 0 Å². The fourth-order valence-electron chi connectivity index (χ4n) is 1.77. The summed E-state index contributed by atoms with van der Waals surface area (Å²) in [7, 11) is 0. The number of amidine groups is 1. The molecule has 0 saturated carbocycles. The van der Waals surface area contributed by atoms with Gasteiger partial charge in [0, 0.05) is 5.02 Å². The Kier molecular flexibility index (Phi) is 7.11. The quantitative estimate of drug-likeness (QED) is 0.251. The number of benzene rings is 1. The smallest absolute Gasteiger partial charge is 0.173 e. The first-order chi connectivity index (χ1) is 9.19. The van der Waals surface area contributed by atoms with Gasteiger partial charge in [-0.25, -0.2) is 0 Å². The zero-order valence-corrected chi connectivity index (χ0v) is 12.0. The number of halogens is 1. The van der Waals surface area contributed by atoms with Gasteiger partial charge in [-0.1, -0.05) is 49.4 Å². The van der Waals surface area contributed by atoms with E-state index in [1.165, 1.54) is 19.3 Å². The van der Waals surface area contributed by atoms with E-state index < -0.39 is 0 Å². The van der Waals surface area contributed by atoms with Gasteiger partial charge in [0.25, 0.3) is 0 Å². The number of hydrogen-bond acceptors (Lipinski definition) is 3. The van der Waals surface area contributed by atoms with Crippen LogP contribution >= 0.6 is 11.6 Å². The van der Waals surface area contributed by atoms with Gasteiger partial charge in [0.15, 0.2) is 5.84 Å². The van der Waals surface area contributed by atoms with Crippen LogP contribution in [0.15, 0.2) is 23.4 Å². The number of nitrogens with two attached hydrogens (primary N) is 1. The third-order valence-electron chi connectivity index (χ3n) is 2.83. The Bertz CT molecular complexity index is 422. The van der Waals surface area contributed by atoms with E-state index in [0.717, 1.165) is 12.8 Å². The van der Waals surface area contributed by atoms with E-state index in [9.17, 15) is 0 Å². The number of rotatable bonds is 8. The highest BCUT2D eigenvalue weighted by Gasteiger charge is 2.09. The first kappa shape index (κ1) is 15.6. The number of oxime groups is 1. The molecule has 0 aliphatic heterocycles. The summed E-state index contributed by atoms with van der Waals surface area (Å²) in [4.78, 5) is 0. The van der Waals surface area contributed by atoms with Gasteiger partial charge < -0.3 is 15.7 Å². The predicted octanol–water partition coefficient (Wildman–Crippen LogP) is 3.78. The summed E-state index contributed by atoms with van der Waals surface area (Å²) in [5, 5.41) is 12.3. The van der Waals surface area contributed by atoms with E-state index in [0.29, 0.717) is 22.9 Å². The second-order valence-electron chi connectivity index (χ2n) is 4.39. The second kappa shape index (κ2) is 8.64. The molecule has 5 heteroatoms. The van der Waals surface area contributed by atoms with Crippen molar-refractivity contribution < 1.29 is 9.94 Å². The minimum atomic E-state index is 0.0256. The van der Waals surface area contributed by atoms with E-state index >= 15 is 0 Å². The maximum atomic E-state index is 8.73. The molecule has 1 rings (SSSR count). The van der Waals surface area contributed by atoms with Gasteiger partial charge in [-0.15, -0.1) is 0 Å². The van der Waals surface area contributed by atoms with Gasteiger partial charge in [-0.2, -0.15) is 0 Å². The highest BCUT2D eigenvalue weighted by molar-refractivity contribution is 6.30. The Morgan fingerprint density at radius 2 is 2.05 bits per heavy atom. The molecule has 4 nitrogen and oxygen atoms in total. The lowest BCUT2D eigenvalue weighted by Crippen LogP contribution is -2.15. The topological polar surface area (TPSA) is 67.8 Å². The highest BCUT2D eigenvalue weighted by atomic mass is 35.5. The predicted molar refractivity (Wildman–Crippen MR) is 78.2 cm³/mol. The summed E-state index contributed by atoms with van der Waals surface area (Å²) in [5.74, 6) is 0.580. The van der Waals surface area contributed by atoms with Crippen molar-refractivity contribution in [3.63, 3.8) is 0 Å². The standard InChI is InChI=1S/C14H21ClN2O2/c1-2-3-4-5-6-9-19-13-10-11(15)7-8-12(13)14(16)17-18/h7-8,10,18H,2-6,9H2,1H3,(H2,16,17). The Labute approximate surface area is 119 Å². The van der Waals surface area contributed by atoms with Crippen molar-refractivity contribution >= 4 is 17.4 Å². The van der Waals surface area contributed by atoms with Crippen molar-refractivity contribution in [2.45, 2.75) is 39.0 Å². The first-order valence-corrected chi connectivity index (χ1v) is 6.97. The Balaban J connectivity index is 2.54. The molecular formula is C14H21ClN2O2. The Hall–Kier alpha value is -1.42. The zero-order chi connectivity index (χ0) is 14.1. The average molecular weight is 285 g/mol. The van der Waals surface area contributed by atoms with Crippen LogP contribution in [0.25, 0.3) is 0 Å². The van der Waals surface area contributed by atoms with Crippen LogP contribution in [-0.4, -0.2) is 17.6 Å². The molecule has 0 aliphatic carbocycles. The lowest BCUT2D eigenvalue weighted by atomic mass is 10.1. The summed E-state index contributed by atoms with van der Waals surface area (Å²) < 4.78 is 5.66. The molecule has 1 aromatic rings. The molecule has 0 saturated heterocycles. The SMILES string of the molecule is CCCCCCCOc1cc(Cl)ccc1C(N)=NO. The van der Waals surface area contributed by atoms with Crippen LogP contribution in [0.3, 0.4) is 0 Å². The lowest BCUT2D eigenvalue weighted by molar-refractivity contribution is 0.302. The van der Waals surface area contributed by atoms with Crippen LogP contribution in [0.2, 0.25) is 5.02 Å². The normalized spacial score (nSPS) is 11.6. The number of ether oxygens (including phenoxy) is 1. The van der Waals surface area contributed by atoms with Gasteiger partial charge in [-0.05, 0) is 24.6 Å². The van der Waals surface area contributed by atoms with Crippen LogP contribution in [-0.2, 0) is 0 Å². The third-order valence-corrected chi connectivity index (χ3v) is 3.07. The summed E-state index contributed by atoms with van der Waals surface area (Å²) in [5.41, 5.74) is 6.15. The highest BCUT2D eigenvalue weighted by Crippen LogP contribution is 2.23. The van der Waals surface area contributed by atoms with Gasteiger partial charge >= 0.3 is 0 Å². The molecule has 19 heavy (non-hydrogen) atoms. The van der Waals surface area contributed by atoms with E-state index in [1.807, 2.05) is 0 Å². The molecule has 1 aromatic carbocycles. The van der Waals surface area contributed by atoms with E-state index in [-0.39, 0.29) is 5.84 Å². The maximum absolute atomic E-state index is 8.73. The molecular weight excluding hydrogens is 264 g/mol. The van der Waals surface area contributed by atoms with E-state index in [4.69, 9.17) is 27.3 Å². The summed E-state index contributed by atoms with van der Waals surface area (Å²) >= 11 is 5.92. The van der Waals surface area contributed by atoms with Crippen LogP contribution in [0.4, 0.5) is 0 Å². The summed E-state index contributed by atoms with van der Waals surface area (Å²) in [6.07, 6.45) is 5.84. The van der Waals surface area contributed by atoms with Gasteiger partial charge in [0.2, 0.25) is 0 Å². The molecule has 106 valence electrons. The van der Waals surface area contributed by atoms with Crippen molar-refractivity contribution in [3.8, 4) is 5.75 Å². The monoisotopic (exact) mass is 284 g/mol. The van der Waals surface area contributed by atoms with Crippen LogP contribution in [0, 0.1) is 0 Å². The van der Waals surface area contributed by atoms with Crippen molar-refractivity contribution in [3.05, 3.63) is 28.8 Å². The van der Waals surface area contributed by atoms with E-state index in [2.05, 4.69) is 12.1 Å². The van der Waals surface area contributed by atoms with Crippen molar-refractivity contribution in [2.24, 2.45) is 10.9 Å². The first-order valence-electron chi connectivity index (χ1n) is 6.59. The molecule has 0 bridgehead atoms. The number of hydrogen-bond donors (Lipinski definition) is 2. The Morgan fingerprint density at radius 1 is 1.32 bits per heavy atom. The van der Waals surface area contributed by atoms with Gasteiger partial charge in [-0.3, -0.25) is 0 Å². The van der Waals surface area contributed by atoms with Crippen LogP contribution in [0.5, 0.6) is 5.75 Å². The number of unbranched alkanes of at least 4 members (excludes halogenated alkanes) is 4. The minimum absolute atomic E-state index is 0.0256. The van der Waals surface area contributed by atoms with Crippen molar-refractivity contribution in [1.29, 1.82) is 0 Å². The molecule has 0 amide bonds. The van der Waals surface area contributed by atoms with Gasteiger partial charge in [0.1, 0.15) is 5.75 Å². The largest absolute Gasteiger partial charge is 0.493 e. The van der Waals surface area contributed by atoms with Crippen LogP contribution < -0.4 is 10.5 Å². The molecule has 0 aliphatic rings. The summed E-state index contributed by atoms with van der Waals surface area (Å²) in [6.45, 7) is 2.79. The minimum Gasteiger partial charge on any atom is -0.493 e. The number of nitrogens with zero attached hydrogens (tertiary/aromatic N) is 1. The van der Waals surface area contributed by atoms with Crippen LogP contribution in [0.1, 0.15) is 44.6 Å². The fourth-order valence-corrected chi connectivity index (χ4v) is 1.93. The second-order valence-corrected chi connectivity index (χ2v) is 4.82. The molecule has 0 unspecified atom stereocenters. The average Bonchev–Trinajstić information content (AvgIpc) is 2.42. The summed E-state index contributed by atoms with van der Waals surface area (Å²) in [6, 6.07) is 5.05. The molecule has 0 radical (unpaired) electrons. The van der Waals surface area contributed by atoms with E-state index in [1.54, 1.807) is 18.2 Å². The molecule has 0 atom stereocenters.